The lowest BCUT2D eigenvalue weighted by atomic mass is 10.2. The van der Waals surface area contributed by atoms with Crippen LogP contribution in [-0.4, -0.2) is 25.8 Å². The third-order valence-corrected chi connectivity index (χ3v) is 2.96. The van der Waals surface area contributed by atoms with E-state index in [0.717, 1.165) is 0 Å². The topological polar surface area (TPSA) is 68.0 Å². The van der Waals surface area contributed by atoms with E-state index in [4.69, 9.17) is 28.3 Å². The highest BCUT2D eigenvalue weighted by Crippen LogP contribution is 2.37. The Kier molecular flexibility index (Phi) is 3.66. The molecule has 0 aliphatic carbocycles. The lowest BCUT2D eigenvalue weighted by Crippen LogP contribution is -2.17. The third kappa shape index (κ3) is 2.46. The summed E-state index contributed by atoms with van der Waals surface area (Å²) in [4.78, 5) is 14.9. The molecule has 2 heterocycles. The molecule has 0 spiro atoms. The van der Waals surface area contributed by atoms with Gasteiger partial charge in [0, 0.05) is 6.20 Å². The van der Waals surface area contributed by atoms with Crippen molar-refractivity contribution in [3.8, 4) is 5.82 Å². The lowest BCUT2D eigenvalue weighted by Gasteiger charge is -2.12. The number of pyridine rings is 1. The summed E-state index contributed by atoms with van der Waals surface area (Å²) in [6, 6.07) is 2.91. The van der Waals surface area contributed by atoms with Gasteiger partial charge in [-0.1, -0.05) is 11.6 Å². The molecule has 5 nitrogen and oxygen atoms in total. The molecule has 0 radical (unpaired) electrons. The molecule has 0 unspecified atom stereocenters. The first-order valence-corrected chi connectivity index (χ1v) is 6.00. The van der Waals surface area contributed by atoms with Crippen LogP contribution in [0.4, 0.5) is 8.78 Å². The predicted molar refractivity (Wildman–Crippen MR) is 67.8 cm³/mol. The number of nitrogens with zero attached hydrogens (tertiary/aromatic N) is 3. The normalized spacial score (nSPS) is 11.7. The Hall–Kier alpha value is -1.73. The van der Waals surface area contributed by atoms with E-state index in [1.807, 2.05) is 0 Å². The van der Waals surface area contributed by atoms with Crippen molar-refractivity contribution in [1.82, 2.24) is 14.8 Å². The van der Waals surface area contributed by atoms with Crippen LogP contribution in [0.2, 0.25) is 5.02 Å². The molecule has 0 bridgehead atoms. The number of aromatic carboxylic acids is 1. The average molecular weight is 322 g/mol. The SMILES string of the molecule is Cc1nn(-c2ncccc2Cl)c(C(F)(F)Cl)c1C(=O)O. The van der Waals surface area contributed by atoms with Crippen LogP contribution in [0.5, 0.6) is 0 Å². The molecule has 1 N–H and O–H groups in total. The van der Waals surface area contributed by atoms with Gasteiger partial charge in [0.15, 0.2) is 5.82 Å². The second-order valence-electron chi connectivity index (χ2n) is 3.83. The molecule has 9 heteroatoms. The minimum atomic E-state index is -3.93. The predicted octanol–water partition coefficient (Wildman–Crippen LogP) is 3.22. The van der Waals surface area contributed by atoms with Gasteiger partial charge in [-0.2, -0.15) is 13.9 Å². The molecule has 20 heavy (non-hydrogen) atoms. The first-order chi connectivity index (χ1) is 9.23. The lowest BCUT2D eigenvalue weighted by molar-refractivity contribution is 0.0646. The number of carbonyl (C=O) groups is 1. The summed E-state index contributed by atoms with van der Waals surface area (Å²) in [7, 11) is 0. The van der Waals surface area contributed by atoms with E-state index in [9.17, 15) is 13.6 Å². The second kappa shape index (κ2) is 4.99. The minimum absolute atomic E-state index is 0.0362. The number of aryl methyl sites for hydroxylation is 1. The van der Waals surface area contributed by atoms with E-state index in [0.29, 0.717) is 4.68 Å². The molecule has 0 saturated carbocycles. The number of aromatic nitrogens is 3. The van der Waals surface area contributed by atoms with Crippen molar-refractivity contribution in [3.05, 3.63) is 40.3 Å². The van der Waals surface area contributed by atoms with Crippen molar-refractivity contribution in [2.75, 3.05) is 0 Å². The van der Waals surface area contributed by atoms with Crippen molar-refractivity contribution in [1.29, 1.82) is 0 Å². The summed E-state index contributed by atoms with van der Waals surface area (Å²) in [5, 5.41) is 8.90. The molecule has 2 aromatic rings. The van der Waals surface area contributed by atoms with E-state index < -0.39 is 22.6 Å². The maximum absolute atomic E-state index is 13.5. The van der Waals surface area contributed by atoms with Gasteiger partial charge in [0.25, 0.3) is 0 Å². The fourth-order valence-electron chi connectivity index (χ4n) is 1.73. The van der Waals surface area contributed by atoms with Crippen LogP contribution in [-0.2, 0) is 5.38 Å². The van der Waals surface area contributed by atoms with Crippen molar-refractivity contribution >= 4 is 29.2 Å². The monoisotopic (exact) mass is 321 g/mol. The summed E-state index contributed by atoms with van der Waals surface area (Å²) in [6.45, 7) is 1.28. The van der Waals surface area contributed by atoms with E-state index >= 15 is 0 Å². The van der Waals surface area contributed by atoms with Crippen molar-refractivity contribution < 1.29 is 18.7 Å². The van der Waals surface area contributed by atoms with Crippen LogP contribution in [0.15, 0.2) is 18.3 Å². The summed E-state index contributed by atoms with van der Waals surface area (Å²) in [5.74, 6) is -1.68. The van der Waals surface area contributed by atoms with Gasteiger partial charge in [0.1, 0.15) is 11.3 Å². The highest BCUT2D eigenvalue weighted by Gasteiger charge is 2.40. The highest BCUT2D eigenvalue weighted by atomic mass is 35.5. The van der Waals surface area contributed by atoms with Gasteiger partial charge in [-0.3, -0.25) is 0 Å². The van der Waals surface area contributed by atoms with Gasteiger partial charge >= 0.3 is 11.4 Å². The van der Waals surface area contributed by atoms with E-state index in [1.54, 1.807) is 0 Å². The number of halogens is 4. The largest absolute Gasteiger partial charge is 0.478 e. The Morgan fingerprint density at radius 2 is 2.15 bits per heavy atom. The van der Waals surface area contributed by atoms with E-state index in [2.05, 4.69) is 10.1 Å². The highest BCUT2D eigenvalue weighted by molar-refractivity contribution is 6.32. The molecular formula is C11H7Cl2F2N3O2. The Morgan fingerprint density at radius 3 is 2.65 bits per heavy atom. The quantitative estimate of drug-likeness (QED) is 0.881. The Balaban J connectivity index is 2.82. The standard InChI is InChI=1S/C11H7Cl2F2N3O2/c1-5-7(10(19)20)8(11(13,14)15)18(17-5)9-6(12)3-2-4-16-9/h2-4H,1H3,(H,19,20). The Bertz CT molecular complexity index is 683. The number of carboxylic acid groups (broad SMARTS) is 1. The molecule has 0 aliphatic rings. The molecule has 2 rings (SSSR count). The van der Waals surface area contributed by atoms with Gasteiger partial charge in [0.05, 0.1) is 10.7 Å². The first-order valence-electron chi connectivity index (χ1n) is 5.24. The molecule has 0 aromatic carbocycles. The molecule has 0 fully saturated rings. The van der Waals surface area contributed by atoms with Gasteiger partial charge < -0.3 is 5.11 Å². The van der Waals surface area contributed by atoms with Gasteiger partial charge in [0.2, 0.25) is 0 Å². The van der Waals surface area contributed by atoms with Crippen LogP contribution in [0.1, 0.15) is 21.7 Å². The van der Waals surface area contributed by atoms with Crippen molar-refractivity contribution in [3.63, 3.8) is 0 Å². The average Bonchev–Trinajstić information content (AvgIpc) is 2.67. The van der Waals surface area contributed by atoms with Gasteiger partial charge in [-0.15, -0.1) is 0 Å². The fraction of sp³-hybridized carbons (Fsp3) is 0.182. The van der Waals surface area contributed by atoms with E-state index in [-0.39, 0.29) is 16.5 Å². The number of hydrogen-bond acceptors (Lipinski definition) is 3. The van der Waals surface area contributed by atoms with Crippen molar-refractivity contribution in [2.24, 2.45) is 0 Å². The zero-order valence-corrected chi connectivity index (χ0v) is 11.5. The molecule has 0 atom stereocenters. The van der Waals surface area contributed by atoms with Crippen molar-refractivity contribution in [2.45, 2.75) is 12.3 Å². The maximum Gasteiger partial charge on any atom is 0.365 e. The van der Waals surface area contributed by atoms with Gasteiger partial charge in [-0.25, -0.2) is 14.5 Å². The van der Waals surface area contributed by atoms with Crippen LogP contribution in [0.3, 0.4) is 0 Å². The summed E-state index contributed by atoms with van der Waals surface area (Å²) < 4.78 is 27.7. The van der Waals surface area contributed by atoms with Crippen LogP contribution >= 0.6 is 23.2 Å². The zero-order chi connectivity index (χ0) is 15.1. The molecular weight excluding hydrogens is 315 g/mol. The fourth-order valence-corrected chi connectivity index (χ4v) is 2.11. The van der Waals surface area contributed by atoms with Crippen LogP contribution in [0, 0.1) is 6.92 Å². The number of rotatable bonds is 3. The number of hydrogen-bond donors (Lipinski definition) is 1. The van der Waals surface area contributed by atoms with Gasteiger partial charge in [-0.05, 0) is 30.7 Å². The Labute approximate surface area is 121 Å². The maximum atomic E-state index is 13.5. The smallest absolute Gasteiger partial charge is 0.365 e. The van der Waals surface area contributed by atoms with Crippen LogP contribution in [0.25, 0.3) is 5.82 Å². The summed E-state index contributed by atoms with van der Waals surface area (Å²) in [6.07, 6.45) is 1.31. The summed E-state index contributed by atoms with van der Waals surface area (Å²) in [5.41, 5.74) is -1.77. The summed E-state index contributed by atoms with van der Waals surface area (Å²) >= 11 is 10.9. The van der Waals surface area contributed by atoms with E-state index in [1.165, 1.54) is 25.3 Å². The molecule has 0 aliphatic heterocycles. The number of carboxylic acids is 1. The molecule has 2 aromatic heterocycles. The molecule has 106 valence electrons. The minimum Gasteiger partial charge on any atom is -0.478 e. The Morgan fingerprint density at radius 1 is 1.50 bits per heavy atom. The zero-order valence-electron chi connectivity index (χ0n) is 9.94. The first kappa shape index (κ1) is 14.7. The molecule has 0 amide bonds. The molecule has 0 saturated heterocycles. The number of alkyl halides is 3. The van der Waals surface area contributed by atoms with Crippen LogP contribution < -0.4 is 0 Å². The third-order valence-electron chi connectivity index (χ3n) is 2.48. The second-order valence-corrected chi connectivity index (χ2v) is 4.71.